The van der Waals surface area contributed by atoms with E-state index in [0.29, 0.717) is 17.3 Å². The molecule has 22 heavy (non-hydrogen) atoms. The average Bonchev–Trinajstić information content (AvgIpc) is 3.02. The fraction of sp³-hybridized carbons (Fsp3) is 0.312. The van der Waals surface area contributed by atoms with Gasteiger partial charge in [0.1, 0.15) is 5.25 Å². The Morgan fingerprint density at radius 2 is 2.05 bits per heavy atom. The van der Waals surface area contributed by atoms with Gasteiger partial charge in [0.2, 0.25) is 5.91 Å². The second-order valence-corrected chi connectivity index (χ2v) is 8.14. The van der Waals surface area contributed by atoms with Gasteiger partial charge in [-0.25, -0.2) is 0 Å². The van der Waals surface area contributed by atoms with Crippen LogP contribution in [0.1, 0.15) is 17.4 Å². The topological polar surface area (TPSA) is 46.2 Å². The summed E-state index contributed by atoms with van der Waals surface area (Å²) < 4.78 is 12.2. The molecule has 0 bridgehead atoms. The first-order chi connectivity index (χ1) is 10.6. The van der Waals surface area contributed by atoms with Gasteiger partial charge < -0.3 is 5.32 Å². The Balaban J connectivity index is 1.79. The van der Waals surface area contributed by atoms with Crippen LogP contribution in [0.5, 0.6) is 0 Å². The lowest BCUT2D eigenvalue weighted by molar-refractivity contribution is -0.120. The van der Waals surface area contributed by atoms with E-state index in [1.165, 1.54) is 4.88 Å². The average molecular weight is 356 g/mol. The molecule has 1 aromatic heterocycles. The minimum Gasteiger partial charge on any atom is -0.355 e. The molecule has 1 amide bonds. The molecule has 0 spiro atoms. The smallest absolute Gasteiger partial charge is 0.235 e. The van der Waals surface area contributed by atoms with Crippen LogP contribution in [-0.2, 0) is 27.8 Å². The van der Waals surface area contributed by atoms with Crippen molar-refractivity contribution in [1.82, 2.24) is 5.32 Å². The molecule has 0 aliphatic carbocycles. The van der Waals surface area contributed by atoms with Crippen molar-refractivity contribution in [2.45, 2.75) is 24.3 Å². The molecule has 0 radical (unpaired) electrons. The Labute approximate surface area is 142 Å². The van der Waals surface area contributed by atoms with Crippen molar-refractivity contribution in [3.05, 3.63) is 57.2 Å². The molecule has 3 nitrogen and oxygen atoms in total. The van der Waals surface area contributed by atoms with E-state index >= 15 is 0 Å². The number of amides is 1. The third-order valence-corrected chi connectivity index (χ3v) is 6.05. The lowest BCUT2D eigenvalue weighted by Crippen LogP contribution is -2.36. The van der Waals surface area contributed by atoms with E-state index in [1.54, 1.807) is 30.4 Å². The zero-order valence-corrected chi connectivity index (χ0v) is 14.6. The van der Waals surface area contributed by atoms with Gasteiger partial charge in [-0.15, -0.1) is 11.3 Å². The van der Waals surface area contributed by atoms with E-state index < -0.39 is 16.0 Å². The SMILES string of the molecule is C[C@@H](C(=O)NCCc1cccs1)[S@](=O)Cc1ccc(Cl)cc1. The second kappa shape index (κ2) is 8.46. The minimum atomic E-state index is -1.25. The summed E-state index contributed by atoms with van der Waals surface area (Å²) >= 11 is 7.49. The van der Waals surface area contributed by atoms with Crippen molar-refractivity contribution in [1.29, 1.82) is 0 Å². The highest BCUT2D eigenvalue weighted by atomic mass is 35.5. The first-order valence-corrected chi connectivity index (χ1v) is 9.62. The van der Waals surface area contributed by atoms with Gasteiger partial charge in [-0.2, -0.15) is 0 Å². The quantitative estimate of drug-likeness (QED) is 0.827. The number of benzene rings is 1. The van der Waals surface area contributed by atoms with Crippen molar-refractivity contribution in [3.63, 3.8) is 0 Å². The number of halogens is 1. The highest BCUT2D eigenvalue weighted by Crippen LogP contribution is 2.13. The van der Waals surface area contributed by atoms with Gasteiger partial charge in [-0.1, -0.05) is 29.8 Å². The number of carbonyl (C=O) groups excluding carboxylic acids is 1. The van der Waals surface area contributed by atoms with E-state index in [-0.39, 0.29) is 5.91 Å². The van der Waals surface area contributed by atoms with Gasteiger partial charge in [0, 0.05) is 33.0 Å². The van der Waals surface area contributed by atoms with Gasteiger partial charge in [0.25, 0.3) is 0 Å². The van der Waals surface area contributed by atoms with E-state index in [9.17, 15) is 9.00 Å². The van der Waals surface area contributed by atoms with E-state index in [4.69, 9.17) is 11.6 Å². The summed E-state index contributed by atoms with van der Waals surface area (Å²) in [6.07, 6.45) is 0.806. The van der Waals surface area contributed by atoms with Crippen LogP contribution in [0.15, 0.2) is 41.8 Å². The second-order valence-electron chi connectivity index (χ2n) is 4.91. The molecule has 0 fully saturated rings. The van der Waals surface area contributed by atoms with Crippen LogP contribution >= 0.6 is 22.9 Å². The molecule has 2 rings (SSSR count). The molecular formula is C16H18ClNO2S2. The Bertz CT molecular complexity index is 626. The van der Waals surface area contributed by atoms with Gasteiger partial charge in [-0.05, 0) is 42.5 Å². The molecule has 2 aromatic rings. The Kier molecular flexibility index (Phi) is 6.61. The minimum absolute atomic E-state index is 0.163. The fourth-order valence-corrected chi connectivity index (χ4v) is 3.82. The van der Waals surface area contributed by atoms with Crippen LogP contribution in [0.3, 0.4) is 0 Å². The van der Waals surface area contributed by atoms with Crippen molar-refractivity contribution in [2.75, 3.05) is 6.54 Å². The van der Waals surface area contributed by atoms with Crippen LogP contribution in [-0.4, -0.2) is 21.9 Å². The van der Waals surface area contributed by atoms with E-state index in [2.05, 4.69) is 5.32 Å². The number of carbonyl (C=O) groups is 1. The number of nitrogens with one attached hydrogen (secondary N) is 1. The number of hydrogen-bond donors (Lipinski definition) is 1. The van der Waals surface area contributed by atoms with Gasteiger partial charge >= 0.3 is 0 Å². The molecule has 1 heterocycles. The predicted molar refractivity (Wildman–Crippen MR) is 93.8 cm³/mol. The highest BCUT2D eigenvalue weighted by Gasteiger charge is 2.19. The number of thiophene rings is 1. The Morgan fingerprint density at radius 1 is 1.32 bits per heavy atom. The van der Waals surface area contributed by atoms with Crippen molar-refractivity contribution < 1.29 is 9.00 Å². The molecule has 1 aromatic carbocycles. The van der Waals surface area contributed by atoms with Crippen molar-refractivity contribution in [2.24, 2.45) is 0 Å². The Morgan fingerprint density at radius 3 is 2.68 bits per heavy atom. The summed E-state index contributed by atoms with van der Waals surface area (Å²) in [6.45, 7) is 2.27. The molecule has 2 atom stereocenters. The van der Waals surface area contributed by atoms with Crippen molar-refractivity contribution in [3.8, 4) is 0 Å². The van der Waals surface area contributed by atoms with Gasteiger partial charge in [0.15, 0.2) is 0 Å². The van der Waals surface area contributed by atoms with Gasteiger partial charge in [0.05, 0.1) is 0 Å². The third-order valence-electron chi connectivity index (χ3n) is 3.24. The summed E-state index contributed by atoms with van der Waals surface area (Å²) in [5.41, 5.74) is 0.918. The summed E-state index contributed by atoms with van der Waals surface area (Å²) in [5.74, 6) is 0.195. The molecule has 1 N–H and O–H groups in total. The normalized spacial score (nSPS) is 13.5. The van der Waals surface area contributed by atoms with Crippen LogP contribution in [0.2, 0.25) is 5.02 Å². The first-order valence-electron chi connectivity index (χ1n) is 6.98. The third kappa shape index (κ3) is 5.23. The van der Waals surface area contributed by atoms with Gasteiger partial charge in [-0.3, -0.25) is 9.00 Å². The largest absolute Gasteiger partial charge is 0.355 e. The van der Waals surface area contributed by atoms with E-state index in [0.717, 1.165) is 12.0 Å². The lowest BCUT2D eigenvalue weighted by Gasteiger charge is -2.12. The highest BCUT2D eigenvalue weighted by molar-refractivity contribution is 7.85. The maximum atomic E-state index is 12.2. The molecule has 6 heteroatoms. The van der Waals surface area contributed by atoms with E-state index in [1.807, 2.05) is 29.6 Å². The molecule has 118 valence electrons. The lowest BCUT2D eigenvalue weighted by atomic mass is 10.2. The molecule has 0 unspecified atom stereocenters. The Hall–Kier alpha value is -1.17. The zero-order chi connectivity index (χ0) is 15.9. The molecular weight excluding hydrogens is 338 g/mol. The number of rotatable bonds is 7. The van der Waals surface area contributed by atoms with Crippen LogP contribution in [0.4, 0.5) is 0 Å². The maximum absolute atomic E-state index is 12.2. The van der Waals surface area contributed by atoms with Crippen LogP contribution in [0.25, 0.3) is 0 Å². The monoisotopic (exact) mass is 355 g/mol. The summed E-state index contributed by atoms with van der Waals surface area (Å²) in [5, 5.41) is 4.98. The summed E-state index contributed by atoms with van der Waals surface area (Å²) in [6, 6.07) is 11.2. The maximum Gasteiger partial charge on any atom is 0.235 e. The van der Waals surface area contributed by atoms with Crippen LogP contribution in [0, 0.1) is 0 Å². The molecule has 0 aliphatic rings. The summed E-state index contributed by atoms with van der Waals surface area (Å²) in [7, 11) is -1.25. The van der Waals surface area contributed by atoms with Crippen molar-refractivity contribution >= 4 is 39.6 Å². The predicted octanol–water partition coefficient (Wildman–Crippen LogP) is 3.40. The fourth-order valence-electron chi connectivity index (χ4n) is 1.90. The summed E-state index contributed by atoms with van der Waals surface area (Å²) in [4.78, 5) is 13.3. The standard InChI is InChI=1S/C16H18ClNO2S2/c1-12(16(19)18-9-8-15-3-2-10-21-15)22(20)11-13-4-6-14(17)7-5-13/h2-7,10,12H,8-9,11H2,1H3,(H,18,19)/t12-,22+/m0/s1. The first kappa shape index (κ1) is 17.2. The molecule has 0 aliphatic heterocycles. The zero-order valence-electron chi connectivity index (χ0n) is 12.3. The number of hydrogen-bond acceptors (Lipinski definition) is 3. The molecule has 0 saturated heterocycles. The van der Waals surface area contributed by atoms with Crippen LogP contribution < -0.4 is 5.32 Å². The molecule has 0 saturated carbocycles.